The largest absolute Gasteiger partial charge is 0.416 e. The molecule has 0 aromatic heterocycles. The Hall–Kier alpha value is -0.590. The van der Waals surface area contributed by atoms with Gasteiger partial charge in [-0.05, 0) is 12.1 Å². The first-order valence-corrected chi connectivity index (χ1v) is 7.32. The van der Waals surface area contributed by atoms with Crippen LogP contribution in [0.15, 0.2) is 24.3 Å². The van der Waals surface area contributed by atoms with Crippen molar-refractivity contribution in [3.63, 3.8) is 0 Å². The molecule has 0 amide bonds. The van der Waals surface area contributed by atoms with Crippen molar-refractivity contribution in [2.75, 3.05) is 18.5 Å². The summed E-state index contributed by atoms with van der Waals surface area (Å²) in [6.07, 6.45) is -4.34. The van der Waals surface area contributed by atoms with E-state index in [1.165, 1.54) is 12.1 Å². The van der Waals surface area contributed by atoms with Crippen molar-refractivity contribution < 1.29 is 22.6 Å². The third-order valence-electron chi connectivity index (χ3n) is 3.22. The molecule has 0 bridgehead atoms. The molecule has 1 saturated heterocycles. The molecule has 0 radical (unpaired) electrons. The molecule has 1 aliphatic heterocycles. The zero-order valence-corrected chi connectivity index (χ0v) is 12.8. The summed E-state index contributed by atoms with van der Waals surface area (Å²) in [6, 6.07) is 4.91. The van der Waals surface area contributed by atoms with E-state index in [4.69, 9.17) is 9.47 Å². The van der Waals surface area contributed by atoms with Crippen LogP contribution in [0, 0.1) is 5.41 Å². The van der Waals surface area contributed by atoms with Crippen molar-refractivity contribution in [3.05, 3.63) is 35.4 Å². The summed E-state index contributed by atoms with van der Waals surface area (Å²) < 4.78 is 49.3. The Kier molecular flexibility index (Phi) is 4.19. The monoisotopic (exact) mass is 352 g/mol. The van der Waals surface area contributed by atoms with Gasteiger partial charge in [0.2, 0.25) is 5.79 Å². The van der Waals surface area contributed by atoms with Gasteiger partial charge in [0.1, 0.15) is 0 Å². The molecule has 20 heavy (non-hydrogen) atoms. The van der Waals surface area contributed by atoms with Crippen molar-refractivity contribution in [2.24, 2.45) is 5.41 Å². The smallest absolute Gasteiger partial charge is 0.345 e. The van der Waals surface area contributed by atoms with E-state index in [0.717, 1.165) is 12.1 Å². The summed E-state index contributed by atoms with van der Waals surface area (Å²) in [6.45, 7) is 5.00. The second kappa shape index (κ2) is 5.31. The molecule has 0 unspecified atom stereocenters. The van der Waals surface area contributed by atoms with E-state index < -0.39 is 17.5 Å². The van der Waals surface area contributed by atoms with Crippen LogP contribution in [0.2, 0.25) is 0 Å². The number of hydrogen-bond donors (Lipinski definition) is 0. The zero-order valence-electron chi connectivity index (χ0n) is 11.3. The highest BCUT2D eigenvalue weighted by atomic mass is 79.9. The molecule has 1 aromatic carbocycles. The predicted molar refractivity (Wildman–Crippen MR) is 72.6 cm³/mol. The first-order valence-electron chi connectivity index (χ1n) is 6.20. The average Bonchev–Trinajstić information content (AvgIpc) is 2.39. The van der Waals surface area contributed by atoms with Gasteiger partial charge in [0.05, 0.1) is 24.1 Å². The lowest BCUT2D eigenvalue weighted by Crippen LogP contribution is -2.46. The van der Waals surface area contributed by atoms with Crippen LogP contribution in [-0.2, 0) is 21.4 Å². The fourth-order valence-electron chi connectivity index (χ4n) is 1.94. The lowest BCUT2D eigenvalue weighted by molar-refractivity contribution is -0.294. The first-order chi connectivity index (χ1) is 9.19. The van der Waals surface area contributed by atoms with E-state index in [1.54, 1.807) is 0 Å². The lowest BCUT2D eigenvalue weighted by Gasteiger charge is -2.42. The third kappa shape index (κ3) is 3.18. The quantitative estimate of drug-likeness (QED) is 0.737. The van der Waals surface area contributed by atoms with Crippen molar-refractivity contribution in [1.82, 2.24) is 0 Å². The van der Waals surface area contributed by atoms with E-state index in [1.807, 2.05) is 13.8 Å². The van der Waals surface area contributed by atoms with Gasteiger partial charge in [0, 0.05) is 11.0 Å². The number of ether oxygens (including phenoxy) is 2. The Bertz CT molecular complexity index is 458. The summed E-state index contributed by atoms with van der Waals surface area (Å²) in [5, 5.41) is 0.363. The van der Waals surface area contributed by atoms with E-state index in [2.05, 4.69) is 15.9 Å². The highest BCUT2D eigenvalue weighted by Crippen LogP contribution is 2.39. The van der Waals surface area contributed by atoms with Gasteiger partial charge >= 0.3 is 6.18 Å². The van der Waals surface area contributed by atoms with Crippen molar-refractivity contribution in [1.29, 1.82) is 0 Å². The Balaban J connectivity index is 2.25. The molecule has 1 heterocycles. The van der Waals surface area contributed by atoms with Crippen molar-refractivity contribution in [2.45, 2.75) is 25.8 Å². The number of rotatable bonds is 2. The zero-order chi connectivity index (χ0) is 15.0. The number of hydrogen-bond acceptors (Lipinski definition) is 2. The number of alkyl halides is 4. The fraction of sp³-hybridized carbons (Fsp3) is 0.571. The molecular weight excluding hydrogens is 337 g/mol. The van der Waals surface area contributed by atoms with Crippen molar-refractivity contribution >= 4 is 15.9 Å². The Morgan fingerprint density at radius 2 is 1.60 bits per heavy atom. The van der Waals surface area contributed by atoms with E-state index in [9.17, 15) is 13.2 Å². The first kappa shape index (κ1) is 15.8. The maximum atomic E-state index is 12.6. The molecule has 2 rings (SSSR count). The van der Waals surface area contributed by atoms with Crippen LogP contribution >= 0.6 is 15.9 Å². The lowest BCUT2D eigenvalue weighted by atomic mass is 9.93. The van der Waals surface area contributed by atoms with Gasteiger partial charge in [-0.2, -0.15) is 13.2 Å². The van der Waals surface area contributed by atoms with Crippen LogP contribution in [0.3, 0.4) is 0 Å². The Morgan fingerprint density at radius 3 is 2.00 bits per heavy atom. The number of benzene rings is 1. The summed E-state index contributed by atoms with van der Waals surface area (Å²) in [5.41, 5.74) is -0.197. The average molecular weight is 353 g/mol. The van der Waals surface area contributed by atoms with E-state index >= 15 is 0 Å². The summed E-state index contributed by atoms with van der Waals surface area (Å²) in [5.74, 6) is -1.01. The Morgan fingerprint density at radius 1 is 1.10 bits per heavy atom. The van der Waals surface area contributed by atoms with Gasteiger partial charge in [-0.1, -0.05) is 41.9 Å². The second-order valence-corrected chi connectivity index (χ2v) is 6.26. The molecule has 1 fully saturated rings. The van der Waals surface area contributed by atoms with Crippen LogP contribution in [0.25, 0.3) is 0 Å². The minimum atomic E-state index is -4.34. The topological polar surface area (TPSA) is 18.5 Å². The Labute approximate surface area is 124 Å². The van der Waals surface area contributed by atoms with E-state index in [0.29, 0.717) is 24.1 Å². The number of halogens is 4. The molecule has 0 aliphatic carbocycles. The van der Waals surface area contributed by atoms with Gasteiger partial charge < -0.3 is 9.47 Å². The standard InChI is InChI=1S/C14H16BrF3O2/c1-12(2)8-19-13(7-15,20-9-12)10-3-5-11(6-4-10)14(16,17)18/h3-6H,7-9H2,1-2H3. The van der Waals surface area contributed by atoms with Gasteiger partial charge in [-0.3, -0.25) is 0 Å². The predicted octanol–water partition coefficient (Wildman–Crippen LogP) is 4.33. The van der Waals surface area contributed by atoms with Crippen LogP contribution in [-0.4, -0.2) is 18.5 Å². The molecule has 1 aliphatic rings. The van der Waals surface area contributed by atoms with Crippen LogP contribution in [0.1, 0.15) is 25.0 Å². The summed E-state index contributed by atoms with van der Waals surface area (Å²) in [4.78, 5) is 0. The molecule has 0 atom stereocenters. The highest BCUT2D eigenvalue weighted by molar-refractivity contribution is 9.09. The maximum absolute atomic E-state index is 12.6. The molecule has 0 saturated carbocycles. The van der Waals surface area contributed by atoms with Gasteiger partial charge in [-0.25, -0.2) is 0 Å². The molecule has 0 spiro atoms. The van der Waals surface area contributed by atoms with Gasteiger partial charge in [-0.15, -0.1) is 0 Å². The van der Waals surface area contributed by atoms with Crippen molar-refractivity contribution in [3.8, 4) is 0 Å². The molecule has 0 N–H and O–H groups in total. The van der Waals surface area contributed by atoms with Crippen LogP contribution < -0.4 is 0 Å². The molecule has 112 valence electrons. The van der Waals surface area contributed by atoms with Gasteiger partial charge in [0.15, 0.2) is 0 Å². The minimum absolute atomic E-state index is 0.0996. The molecule has 2 nitrogen and oxygen atoms in total. The van der Waals surface area contributed by atoms with E-state index in [-0.39, 0.29) is 5.41 Å². The molecule has 6 heteroatoms. The van der Waals surface area contributed by atoms with Crippen LogP contribution in [0.4, 0.5) is 13.2 Å². The summed E-state index contributed by atoms with van der Waals surface area (Å²) in [7, 11) is 0. The SMILES string of the molecule is CC1(C)COC(CBr)(c2ccc(C(F)(F)F)cc2)OC1. The molecular formula is C14H16BrF3O2. The maximum Gasteiger partial charge on any atom is 0.416 e. The highest BCUT2D eigenvalue weighted by Gasteiger charge is 2.42. The third-order valence-corrected chi connectivity index (χ3v) is 3.96. The minimum Gasteiger partial charge on any atom is -0.345 e. The van der Waals surface area contributed by atoms with Crippen LogP contribution in [0.5, 0.6) is 0 Å². The van der Waals surface area contributed by atoms with Gasteiger partial charge in [0.25, 0.3) is 0 Å². The fourth-order valence-corrected chi connectivity index (χ4v) is 2.59. The summed E-state index contributed by atoms with van der Waals surface area (Å²) >= 11 is 3.33. The molecule has 1 aromatic rings. The normalized spacial score (nSPS) is 21.7. The second-order valence-electron chi connectivity index (χ2n) is 5.70.